The Morgan fingerprint density at radius 2 is 1.91 bits per heavy atom. The average Bonchev–Trinajstić information content (AvgIpc) is 3.09. The summed E-state index contributed by atoms with van der Waals surface area (Å²) in [6.45, 7) is 0. The number of ketones is 1. The van der Waals surface area contributed by atoms with E-state index in [1.807, 2.05) is 41.9 Å². The van der Waals surface area contributed by atoms with Gasteiger partial charge >= 0.3 is 6.18 Å². The van der Waals surface area contributed by atoms with E-state index in [1.165, 1.54) is 6.07 Å². The quantitative estimate of drug-likeness (QED) is 0.151. The lowest BCUT2D eigenvalue weighted by molar-refractivity contribution is -0.137. The number of hydrogen-bond acceptors (Lipinski definition) is 3. The molecule has 0 saturated heterocycles. The first-order valence-electron chi connectivity index (χ1n) is 11.5. The van der Waals surface area contributed by atoms with E-state index >= 15 is 0 Å². The summed E-state index contributed by atoms with van der Waals surface area (Å²) in [4.78, 5) is 16.9. The molecule has 0 radical (unpaired) electrons. The van der Waals surface area contributed by atoms with Crippen molar-refractivity contribution in [3.05, 3.63) is 71.7 Å². The van der Waals surface area contributed by atoms with Gasteiger partial charge in [-0.2, -0.15) is 13.2 Å². The van der Waals surface area contributed by atoms with Crippen LogP contribution in [0.1, 0.15) is 56.1 Å². The molecule has 0 aromatic heterocycles. The Morgan fingerprint density at radius 3 is 2.63 bits per heavy atom. The van der Waals surface area contributed by atoms with Crippen molar-refractivity contribution < 1.29 is 18.0 Å². The third-order valence-corrected chi connectivity index (χ3v) is 7.72. The first-order chi connectivity index (χ1) is 16.6. The first-order valence-corrected chi connectivity index (χ1v) is 13.3. The van der Waals surface area contributed by atoms with E-state index in [0.717, 1.165) is 55.1 Å². The monoisotopic (exact) mass is 636 g/mol. The number of alkyl halides is 3. The molecule has 1 aromatic carbocycles. The number of rotatable bonds is 11. The zero-order valence-electron chi connectivity index (χ0n) is 19.2. The molecule has 0 spiro atoms. The number of nitrogens with one attached hydrogen (secondary N) is 1. The van der Waals surface area contributed by atoms with Crippen molar-refractivity contribution in [2.75, 3.05) is 7.05 Å². The molecular formula is C26H26Cl2F3IN2O. The van der Waals surface area contributed by atoms with Crippen molar-refractivity contribution in [3.8, 4) is 0 Å². The van der Waals surface area contributed by atoms with Gasteiger partial charge in [-0.1, -0.05) is 48.2 Å². The molecule has 9 heteroatoms. The fraction of sp³-hybridized carbons (Fsp3) is 0.423. The average molecular weight is 637 g/mol. The lowest BCUT2D eigenvalue weighted by atomic mass is 9.93. The zero-order chi connectivity index (χ0) is 25.6. The minimum Gasteiger partial charge on any atom is -0.380 e. The molecule has 3 rings (SSSR count). The van der Waals surface area contributed by atoms with E-state index in [1.54, 1.807) is 6.08 Å². The van der Waals surface area contributed by atoms with E-state index in [-0.39, 0.29) is 29.6 Å². The Balaban J connectivity index is 1.39. The molecule has 0 bridgehead atoms. The minimum atomic E-state index is -4.51. The van der Waals surface area contributed by atoms with Gasteiger partial charge in [0.2, 0.25) is 0 Å². The van der Waals surface area contributed by atoms with Crippen LogP contribution >= 0.6 is 45.8 Å². The van der Waals surface area contributed by atoms with Crippen molar-refractivity contribution in [1.82, 2.24) is 5.32 Å². The molecular weight excluding hydrogens is 611 g/mol. The molecule has 3 nitrogen and oxygen atoms in total. The number of hydrogen-bond donors (Lipinski definition) is 1. The molecule has 1 unspecified atom stereocenters. The standard InChI is InChI=1S/C26H26Cl2F3IN2O/c1-33-23-13-8-17(27)14-20-16(15-34-25(20)23)6-4-2-3-5-7-18(35)9-10-19-22(32)12-11-21(24(19)28)26(29,30)31/h8,11-12,14-16,33H,2-7,9-10H2,1H3. The highest BCUT2D eigenvalue weighted by Gasteiger charge is 2.34. The maximum absolute atomic E-state index is 13.1. The third kappa shape index (κ3) is 7.48. The molecule has 188 valence electrons. The van der Waals surface area contributed by atoms with Crippen LogP contribution in [0.4, 0.5) is 13.2 Å². The van der Waals surface area contributed by atoms with Crippen LogP contribution in [0.5, 0.6) is 0 Å². The number of benzene rings is 1. The Bertz CT molecular complexity index is 1130. The van der Waals surface area contributed by atoms with Crippen LogP contribution in [-0.2, 0) is 17.4 Å². The minimum absolute atomic E-state index is 0.0455. The van der Waals surface area contributed by atoms with Crippen LogP contribution in [0.25, 0.3) is 0 Å². The summed E-state index contributed by atoms with van der Waals surface area (Å²) >= 11 is 14.2. The van der Waals surface area contributed by atoms with Crippen LogP contribution < -0.4 is 5.32 Å². The van der Waals surface area contributed by atoms with Gasteiger partial charge < -0.3 is 5.32 Å². The predicted molar refractivity (Wildman–Crippen MR) is 144 cm³/mol. The smallest absolute Gasteiger partial charge is 0.380 e. The van der Waals surface area contributed by atoms with Gasteiger partial charge in [-0.3, -0.25) is 9.79 Å². The molecule has 1 atom stereocenters. The van der Waals surface area contributed by atoms with Crippen LogP contribution in [0, 0.1) is 9.49 Å². The summed E-state index contributed by atoms with van der Waals surface area (Å²) in [5.41, 5.74) is 5.46. The second-order valence-electron chi connectivity index (χ2n) is 8.51. The van der Waals surface area contributed by atoms with Crippen LogP contribution in [0.3, 0.4) is 0 Å². The van der Waals surface area contributed by atoms with Gasteiger partial charge in [0.25, 0.3) is 0 Å². The Hall–Kier alpha value is -1.54. The summed E-state index contributed by atoms with van der Waals surface area (Å²) in [6, 6.07) is 2.38. The van der Waals surface area contributed by atoms with Gasteiger partial charge in [0, 0.05) is 46.7 Å². The molecule has 1 heterocycles. The molecule has 1 aliphatic heterocycles. The number of likely N-dealkylation sites (N-methyl/N-ethyl adjacent to an activating group) is 1. The van der Waals surface area contributed by atoms with E-state index in [2.05, 4.69) is 16.0 Å². The Labute approximate surface area is 227 Å². The number of nitrogens with zero attached hydrogens (tertiary/aromatic N) is 1. The summed E-state index contributed by atoms with van der Waals surface area (Å²) in [5, 5.41) is 3.43. The number of allylic oxidation sites excluding steroid dienone is 3. The molecule has 0 saturated carbocycles. The largest absolute Gasteiger partial charge is 0.417 e. The number of unbranched alkanes of at least 4 members (excludes halogenated alkanes) is 3. The number of Topliss-reactive ketones (excluding diaryl/α,β-unsaturated/α-hetero) is 1. The molecule has 1 N–H and O–H groups in total. The molecule has 0 fully saturated rings. The van der Waals surface area contributed by atoms with Crippen molar-refractivity contribution in [1.29, 1.82) is 0 Å². The molecule has 1 aliphatic carbocycles. The van der Waals surface area contributed by atoms with Gasteiger partial charge in [-0.25, -0.2) is 0 Å². The van der Waals surface area contributed by atoms with Gasteiger partial charge in [0.05, 0.1) is 16.3 Å². The molecule has 1 aromatic rings. The molecule has 2 aliphatic rings. The zero-order valence-corrected chi connectivity index (χ0v) is 22.9. The van der Waals surface area contributed by atoms with E-state index < -0.39 is 11.7 Å². The summed E-state index contributed by atoms with van der Waals surface area (Å²) in [6.07, 6.45) is 6.57. The molecule has 35 heavy (non-hydrogen) atoms. The lowest BCUT2D eigenvalue weighted by Crippen LogP contribution is -2.09. The van der Waals surface area contributed by atoms with Crippen molar-refractivity contribution in [2.24, 2.45) is 10.9 Å². The van der Waals surface area contributed by atoms with Crippen LogP contribution in [-0.4, -0.2) is 19.0 Å². The fourth-order valence-corrected chi connectivity index (χ4v) is 5.59. The van der Waals surface area contributed by atoms with Gasteiger partial charge in [0.15, 0.2) is 0 Å². The highest BCUT2D eigenvalue weighted by Crippen LogP contribution is 2.38. The van der Waals surface area contributed by atoms with Crippen LogP contribution in [0.2, 0.25) is 5.02 Å². The predicted octanol–water partition coefficient (Wildman–Crippen LogP) is 8.16. The lowest BCUT2D eigenvalue weighted by Gasteiger charge is -2.14. The fourth-order valence-electron chi connectivity index (χ4n) is 4.17. The molecule has 0 amide bonds. The number of carbonyl (C=O) groups is 1. The highest BCUT2D eigenvalue weighted by atomic mass is 127. The van der Waals surface area contributed by atoms with Crippen molar-refractivity contribution in [2.45, 2.75) is 57.5 Å². The number of carbonyl (C=O) groups excluding carboxylic acids is 1. The number of aliphatic imine (C=N–C) groups is 1. The second-order valence-corrected chi connectivity index (χ2v) is 10.5. The topological polar surface area (TPSA) is 41.5 Å². The second kappa shape index (κ2) is 12.6. The maximum atomic E-state index is 13.1. The SMILES string of the molecule is CNC1=C=CC(Cl)=CC2=C1N=CC2CCCCCCC(=O)CCc1c(I)ccc(C(F)(F)F)c1Cl. The van der Waals surface area contributed by atoms with Crippen molar-refractivity contribution >= 4 is 57.8 Å². The van der Waals surface area contributed by atoms with Gasteiger partial charge in [-0.15, -0.1) is 0 Å². The summed E-state index contributed by atoms with van der Waals surface area (Å²) in [5.74, 6) is 0.251. The summed E-state index contributed by atoms with van der Waals surface area (Å²) < 4.78 is 39.9. The Kier molecular flexibility index (Phi) is 10.1. The van der Waals surface area contributed by atoms with Crippen molar-refractivity contribution in [3.63, 3.8) is 0 Å². The summed E-state index contributed by atoms with van der Waals surface area (Å²) in [7, 11) is 1.83. The van der Waals surface area contributed by atoms with Gasteiger partial charge in [-0.05, 0) is 71.2 Å². The first kappa shape index (κ1) is 28.0. The van der Waals surface area contributed by atoms with Crippen LogP contribution in [0.15, 0.2) is 57.0 Å². The maximum Gasteiger partial charge on any atom is 0.417 e. The third-order valence-electron chi connectivity index (χ3n) is 6.06. The van der Waals surface area contributed by atoms with E-state index in [0.29, 0.717) is 20.6 Å². The van der Waals surface area contributed by atoms with E-state index in [9.17, 15) is 18.0 Å². The number of halogens is 6. The highest BCUT2D eigenvalue weighted by molar-refractivity contribution is 14.1. The normalized spacial score (nSPS) is 17.3. The van der Waals surface area contributed by atoms with E-state index in [4.69, 9.17) is 23.2 Å². The Morgan fingerprint density at radius 1 is 1.17 bits per heavy atom. The van der Waals surface area contributed by atoms with Gasteiger partial charge in [0.1, 0.15) is 11.5 Å².